The van der Waals surface area contributed by atoms with E-state index in [1.807, 2.05) is 0 Å². The third-order valence-corrected chi connectivity index (χ3v) is 3.86. The molecule has 80 valence electrons. The number of thiazole rings is 1. The molecular formula is C13H13N2S+. The van der Waals surface area contributed by atoms with Crippen LogP contribution >= 0.6 is 11.3 Å². The molecule has 0 aliphatic rings. The number of aromatic nitrogens is 2. The topological polar surface area (TPSA) is 8.29 Å². The lowest BCUT2D eigenvalue weighted by Gasteiger charge is -1.96. The fraction of sp³-hybridized carbons (Fsp3) is 0.154. The predicted molar refractivity (Wildman–Crippen MR) is 65.8 cm³/mol. The summed E-state index contributed by atoms with van der Waals surface area (Å²) in [5.41, 5.74) is 2.64. The number of hydrogen-bond donors (Lipinski definition) is 0. The van der Waals surface area contributed by atoms with Crippen LogP contribution in [-0.4, -0.2) is 4.40 Å². The van der Waals surface area contributed by atoms with Crippen molar-refractivity contribution in [2.45, 2.75) is 13.5 Å². The first-order valence-corrected chi connectivity index (χ1v) is 6.21. The van der Waals surface area contributed by atoms with Crippen molar-refractivity contribution in [1.82, 2.24) is 4.40 Å². The number of nitrogens with zero attached hydrogens (tertiary/aromatic N) is 2. The van der Waals surface area contributed by atoms with Crippen LogP contribution in [0.15, 0.2) is 48.1 Å². The van der Waals surface area contributed by atoms with E-state index < -0.39 is 0 Å². The molecular weight excluding hydrogens is 216 g/mol. The van der Waals surface area contributed by atoms with E-state index in [9.17, 15) is 0 Å². The predicted octanol–water partition coefficient (Wildman–Crippen LogP) is 2.65. The van der Waals surface area contributed by atoms with Gasteiger partial charge in [-0.3, -0.25) is 0 Å². The molecule has 16 heavy (non-hydrogen) atoms. The molecule has 0 atom stereocenters. The van der Waals surface area contributed by atoms with Crippen LogP contribution in [0.1, 0.15) is 11.3 Å². The molecule has 0 bridgehead atoms. The lowest BCUT2D eigenvalue weighted by atomic mass is 10.2. The van der Waals surface area contributed by atoms with E-state index in [0.29, 0.717) is 0 Å². The molecule has 0 radical (unpaired) electrons. The van der Waals surface area contributed by atoms with Gasteiger partial charge in [-0.1, -0.05) is 41.7 Å². The molecule has 0 N–H and O–H groups in total. The van der Waals surface area contributed by atoms with Crippen molar-refractivity contribution >= 4 is 16.3 Å². The molecule has 3 heteroatoms. The fourth-order valence-electron chi connectivity index (χ4n) is 1.90. The van der Waals surface area contributed by atoms with Crippen LogP contribution in [0.5, 0.6) is 0 Å². The molecule has 2 nitrogen and oxygen atoms in total. The Morgan fingerprint density at radius 2 is 2.06 bits per heavy atom. The highest BCUT2D eigenvalue weighted by atomic mass is 32.1. The maximum atomic E-state index is 2.28. The number of imidazole rings is 1. The maximum Gasteiger partial charge on any atom is 0.346 e. The summed E-state index contributed by atoms with van der Waals surface area (Å²) in [4.78, 5) is 1.29. The molecule has 0 fully saturated rings. The zero-order chi connectivity index (χ0) is 11.0. The molecule has 0 saturated heterocycles. The second kappa shape index (κ2) is 3.76. The van der Waals surface area contributed by atoms with Crippen molar-refractivity contribution in [3.63, 3.8) is 0 Å². The van der Waals surface area contributed by atoms with Gasteiger partial charge >= 0.3 is 4.96 Å². The Balaban J connectivity index is 2.01. The van der Waals surface area contributed by atoms with Gasteiger partial charge in [0, 0.05) is 5.38 Å². The van der Waals surface area contributed by atoms with E-state index in [1.54, 1.807) is 11.3 Å². The van der Waals surface area contributed by atoms with Gasteiger partial charge < -0.3 is 0 Å². The molecule has 0 saturated carbocycles. The minimum Gasteiger partial charge on any atom is -0.217 e. The van der Waals surface area contributed by atoms with Crippen molar-refractivity contribution in [2.75, 3.05) is 0 Å². The van der Waals surface area contributed by atoms with Crippen molar-refractivity contribution in [3.8, 4) is 0 Å². The molecule has 0 spiro atoms. The minimum absolute atomic E-state index is 0.942. The van der Waals surface area contributed by atoms with Gasteiger partial charge in [-0.2, -0.15) is 4.40 Å². The highest BCUT2D eigenvalue weighted by Crippen LogP contribution is 2.12. The van der Waals surface area contributed by atoms with Crippen LogP contribution < -0.4 is 4.57 Å². The van der Waals surface area contributed by atoms with Gasteiger partial charge in [0.2, 0.25) is 0 Å². The molecule has 0 unspecified atom stereocenters. The summed E-state index contributed by atoms with van der Waals surface area (Å²) in [5, 5.41) is 2.19. The van der Waals surface area contributed by atoms with Crippen LogP contribution in [0.2, 0.25) is 0 Å². The summed E-state index contributed by atoms with van der Waals surface area (Å²) in [7, 11) is 0. The van der Waals surface area contributed by atoms with E-state index in [0.717, 1.165) is 6.54 Å². The first kappa shape index (κ1) is 9.60. The van der Waals surface area contributed by atoms with E-state index in [-0.39, 0.29) is 0 Å². The molecule has 2 heterocycles. The molecule has 1 aromatic carbocycles. The van der Waals surface area contributed by atoms with Crippen LogP contribution in [0.4, 0.5) is 0 Å². The third kappa shape index (κ3) is 1.53. The van der Waals surface area contributed by atoms with Gasteiger partial charge in [-0.15, -0.1) is 0 Å². The van der Waals surface area contributed by atoms with Crippen molar-refractivity contribution in [3.05, 3.63) is 59.4 Å². The Labute approximate surface area is 98.4 Å². The van der Waals surface area contributed by atoms with E-state index in [2.05, 4.69) is 64.0 Å². The Morgan fingerprint density at radius 1 is 1.25 bits per heavy atom. The summed E-state index contributed by atoms with van der Waals surface area (Å²) in [6.07, 6.45) is 4.27. The van der Waals surface area contributed by atoms with Crippen LogP contribution in [-0.2, 0) is 6.54 Å². The SMILES string of the molecule is Cc1csc2n1cc[n+]2Cc1ccccc1. The molecule has 2 aromatic heterocycles. The Bertz CT molecular complexity index is 607. The first-order chi connectivity index (χ1) is 7.84. The summed E-state index contributed by atoms with van der Waals surface area (Å²) in [5.74, 6) is 0. The Morgan fingerprint density at radius 3 is 2.88 bits per heavy atom. The highest BCUT2D eigenvalue weighted by Gasteiger charge is 2.13. The van der Waals surface area contributed by atoms with Crippen molar-refractivity contribution in [2.24, 2.45) is 0 Å². The number of benzene rings is 1. The number of aryl methyl sites for hydroxylation is 1. The van der Waals surface area contributed by atoms with Gasteiger partial charge in [-0.05, 0) is 12.5 Å². The van der Waals surface area contributed by atoms with Gasteiger partial charge in [0.05, 0.1) is 0 Å². The normalized spacial score (nSPS) is 11.1. The van der Waals surface area contributed by atoms with Crippen LogP contribution in [0.3, 0.4) is 0 Å². The van der Waals surface area contributed by atoms with E-state index in [1.165, 1.54) is 16.2 Å². The third-order valence-electron chi connectivity index (χ3n) is 2.76. The van der Waals surface area contributed by atoms with Gasteiger partial charge in [0.1, 0.15) is 24.6 Å². The monoisotopic (exact) mass is 229 g/mol. The average molecular weight is 229 g/mol. The zero-order valence-corrected chi connectivity index (χ0v) is 9.95. The van der Waals surface area contributed by atoms with Crippen LogP contribution in [0, 0.1) is 6.92 Å². The standard InChI is InChI=1S/C13H13N2S/c1-11-10-16-13-14(7-8-15(11)13)9-12-5-3-2-4-6-12/h2-8,10H,9H2,1H3/q+1. The van der Waals surface area contributed by atoms with Gasteiger partial charge in [0.15, 0.2) is 0 Å². The number of fused-ring (bicyclic) bond motifs is 1. The Kier molecular flexibility index (Phi) is 2.26. The van der Waals surface area contributed by atoms with E-state index in [4.69, 9.17) is 0 Å². The van der Waals surface area contributed by atoms with Gasteiger partial charge in [-0.25, -0.2) is 4.57 Å². The molecule has 0 amide bonds. The molecule has 3 rings (SSSR count). The molecule has 3 aromatic rings. The van der Waals surface area contributed by atoms with Crippen LogP contribution in [0.25, 0.3) is 4.96 Å². The van der Waals surface area contributed by atoms with Crippen molar-refractivity contribution in [1.29, 1.82) is 0 Å². The zero-order valence-electron chi connectivity index (χ0n) is 9.13. The minimum atomic E-state index is 0.942. The lowest BCUT2D eigenvalue weighted by Crippen LogP contribution is -2.31. The smallest absolute Gasteiger partial charge is 0.217 e. The maximum absolute atomic E-state index is 2.28. The van der Waals surface area contributed by atoms with Gasteiger partial charge in [0.25, 0.3) is 0 Å². The molecule has 0 aliphatic carbocycles. The van der Waals surface area contributed by atoms with E-state index >= 15 is 0 Å². The largest absolute Gasteiger partial charge is 0.346 e. The summed E-state index contributed by atoms with van der Waals surface area (Å²) in [6.45, 7) is 3.08. The summed E-state index contributed by atoms with van der Waals surface area (Å²) >= 11 is 1.79. The van der Waals surface area contributed by atoms with Crippen molar-refractivity contribution < 1.29 is 4.57 Å². The number of rotatable bonds is 2. The highest BCUT2D eigenvalue weighted by molar-refractivity contribution is 7.14. The fourth-order valence-corrected chi connectivity index (χ4v) is 2.87. The second-order valence-electron chi connectivity index (χ2n) is 3.94. The average Bonchev–Trinajstić information content (AvgIpc) is 2.86. The Hall–Kier alpha value is -1.61. The molecule has 0 aliphatic heterocycles. The summed E-state index contributed by atoms with van der Waals surface area (Å²) in [6, 6.07) is 10.6. The second-order valence-corrected chi connectivity index (χ2v) is 4.78. The first-order valence-electron chi connectivity index (χ1n) is 5.33. The quantitative estimate of drug-likeness (QED) is 0.597. The number of hydrogen-bond acceptors (Lipinski definition) is 1. The lowest BCUT2D eigenvalue weighted by molar-refractivity contribution is -0.659. The summed E-state index contributed by atoms with van der Waals surface area (Å²) < 4.78 is 4.51.